The van der Waals surface area contributed by atoms with Gasteiger partial charge in [-0.25, -0.2) is 9.97 Å². The van der Waals surface area contributed by atoms with Gasteiger partial charge in [-0.3, -0.25) is 4.90 Å². The molecule has 1 saturated heterocycles. The molecular weight excluding hydrogens is 440 g/mol. The molecule has 0 amide bonds. The van der Waals surface area contributed by atoms with Gasteiger partial charge in [0.25, 0.3) is 0 Å². The first-order valence-corrected chi connectivity index (χ1v) is 11.5. The molecule has 2 aliphatic rings. The predicted molar refractivity (Wildman–Crippen MR) is 137 cm³/mol. The molecule has 0 radical (unpaired) electrons. The maximum atomic E-state index is 8.68. The zero-order valence-electron chi connectivity index (χ0n) is 27.2. The van der Waals surface area contributed by atoms with Crippen molar-refractivity contribution in [3.63, 3.8) is 0 Å². The van der Waals surface area contributed by atoms with E-state index in [9.17, 15) is 0 Å². The Hall–Kier alpha value is -3.26. The van der Waals surface area contributed by atoms with Crippen LogP contribution in [0.15, 0.2) is 66.9 Å². The van der Waals surface area contributed by atoms with Crippen LogP contribution in [0, 0.1) is 0 Å². The number of hydrogen-bond donors (Lipinski definition) is 1. The molecule has 35 heavy (non-hydrogen) atoms. The second kappa shape index (κ2) is 11.9. The van der Waals surface area contributed by atoms with Gasteiger partial charge in [0.05, 0.1) is 42.9 Å². The summed E-state index contributed by atoms with van der Waals surface area (Å²) in [4.78, 5) is 10.7. The molecule has 7 nitrogen and oxygen atoms in total. The molecule has 5 rings (SSSR count). The highest BCUT2D eigenvalue weighted by Crippen LogP contribution is 2.26. The van der Waals surface area contributed by atoms with Gasteiger partial charge in [0.15, 0.2) is 0 Å². The van der Waals surface area contributed by atoms with Crippen molar-refractivity contribution in [2.75, 3.05) is 44.7 Å². The Morgan fingerprint density at radius 3 is 2.94 bits per heavy atom. The van der Waals surface area contributed by atoms with Crippen LogP contribution in [0.3, 0.4) is 0 Å². The standard InChI is InChI=1S/C28H32N4O3/c1-2-13-32(12-1)14-17-35-27-9-8-25-19-24(27)21-34-16-4-3-15-33-20-22-6-5-7-23(18-22)26-10-11-29-28(30-25)31-26/h3-11,18-19H,1-2,12-17,20-21H2,(H,29,30,31)/b4-3+/i15D2,17D2,20D2,21D2. The van der Waals surface area contributed by atoms with Crippen molar-refractivity contribution in [1.82, 2.24) is 14.9 Å². The van der Waals surface area contributed by atoms with Gasteiger partial charge < -0.3 is 19.5 Å². The third-order valence-corrected chi connectivity index (χ3v) is 5.49. The number of benzene rings is 2. The van der Waals surface area contributed by atoms with Crippen LogP contribution in [0.2, 0.25) is 0 Å². The third kappa shape index (κ3) is 6.66. The number of ether oxygens (including phenoxy) is 3. The number of nitrogens with one attached hydrogen (secondary N) is 1. The fourth-order valence-electron chi connectivity index (χ4n) is 3.76. The van der Waals surface area contributed by atoms with E-state index in [0.717, 1.165) is 32.0 Å². The minimum absolute atomic E-state index is 0.0173. The molecule has 7 heteroatoms. The summed E-state index contributed by atoms with van der Waals surface area (Å²) >= 11 is 0. The minimum Gasteiger partial charge on any atom is -0.492 e. The van der Waals surface area contributed by atoms with E-state index in [4.69, 9.17) is 25.2 Å². The second-order valence-corrected chi connectivity index (χ2v) is 8.05. The number of nitrogens with zero attached hydrogens (tertiary/aromatic N) is 3. The van der Waals surface area contributed by atoms with Crippen LogP contribution in [0.25, 0.3) is 11.3 Å². The first-order valence-electron chi connectivity index (χ1n) is 15.5. The molecular formula is C28H32N4O3. The Labute approximate surface area is 218 Å². The van der Waals surface area contributed by atoms with Gasteiger partial charge in [-0.15, -0.1) is 0 Å². The van der Waals surface area contributed by atoms with Crippen molar-refractivity contribution in [1.29, 1.82) is 0 Å². The Kier molecular flexibility index (Phi) is 5.34. The van der Waals surface area contributed by atoms with Crippen molar-refractivity contribution in [2.45, 2.75) is 26.0 Å². The van der Waals surface area contributed by atoms with Crippen molar-refractivity contribution < 1.29 is 25.2 Å². The van der Waals surface area contributed by atoms with E-state index < -0.39 is 32.8 Å². The summed E-state index contributed by atoms with van der Waals surface area (Å²) in [7, 11) is 0. The van der Waals surface area contributed by atoms with Crippen LogP contribution in [0.1, 0.15) is 34.9 Å². The van der Waals surface area contributed by atoms with Gasteiger partial charge >= 0.3 is 0 Å². The summed E-state index contributed by atoms with van der Waals surface area (Å²) in [5.41, 5.74) is 1.36. The minimum atomic E-state index is -2.56. The summed E-state index contributed by atoms with van der Waals surface area (Å²) in [6.07, 6.45) is 5.62. The molecule has 1 N–H and O–H groups in total. The first-order chi connectivity index (χ1) is 20.2. The average Bonchev–Trinajstić information content (AvgIpc) is 3.43. The zero-order valence-corrected chi connectivity index (χ0v) is 19.2. The SMILES string of the molecule is [2H]C1([2H])/C=C/COC([2H])([2H])c2cc(ccc2OC([2H])([2H])CN2CCCC2)Nc2nccc(n2)-c2cccc(c2)C([2H])([2H])O1. The molecule has 1 aromatic heterocycles. The van der Waals surface area contributed by atoms with Crippen molar-refractivity contribution in [3.05, 3.63) is 78.0 Å². The lowest BCUT2D eigenvalue weighted by atomic mass is 10.1. The van der Waals surface area contributed by atoms with Gasteiger partial charge in [0.1, 0.15) is 12.3 Å². The molecule has 2 aromatic carbocycles. The molecule has 2 aliphatic heterocycles. The van der Waals surface area contributed by atoms with Crippen molar-refractivity contribution >= 4 is 11.6 Å². The summed E-state index contributed by atoms with van der Waals surface area (Å²) in [6.45, 7) is -8.57. The third-order valence-electron chi connectivity index (χ3n) is 5.49. The Morgan fingerprint density at radius 1 is 1.06 bits per heavy atom. The van der Waals surface area contributed by atoms with E-state index in [-0.39, 0.29) is 29.4 Å². The smallest absolute Gasteiger partial charge is 0.227 e. The van der Waals surface area contributed by atoms with Crippen LogP contribution in [-0.4, -0.2) is 54.2 Å². The average molecular weight is 481 g/mol. The number of aromatic nitrogens is 2. The van der Waals surface area contributed by atoms with Crippen LogP contribution in [-0.2, 0) is 22.6 Å². The predicted octanol–water partition coefficient (Wildman–Crippen LogP) is 4.96. The summed E-state index contributed by atoms with van der Waals surface area (Å²) < 4.78 is 83.9. The van der Waals surface area contributed by atoms with E-state index in [2.05, 4.69) is 15.3 Å². The van der Waals surface area contributed by atoms with Gasteiger partial charge in [0, 0.05) is 29.6 Å². The molecule has 3 heterocycles. The maximum absolute atomic E-state index is 8.68. The highest BCUT2D eigenvalue weighted by atomic mass is 16.5. The molecule has 0 atom stereocenters. The van der Waals surface area contributed by atoms with Crippen molar-refractivity contribution in [2.24, 2.45) is 0 Å². The molecule has 6 bridgehead atoms. The molecule has 3 aromatic rings. The van der Waals surface area contributed by atoms with Gasteiger partial charge in [0.2, 0.25) is 5.95 Å². The van der Waals surface area contributed by atoms with Gasteiger partial charge in [-0.1, -0.05) is 30.4 Å². The number of likely N-dealkylation sites (tertiary alicyclic amines) is 1. The van der Waals surface area contributed by atoms with Crippen LogP contribution in [0.4, 0.5) is 11.6 Å². The van der Waals surface area contributed by atoms with E-state index >= 15 is 0 Å². The van der Waals surface area contributed by atoms with E-state index in [1.165, 1.54) is 36.5 Å². The number of rotatable bonds is 4. The molecule has 0 unspecified atom stereocenters. The number of hydrogen-bond acceptors (Lipinski definition) is 7. The molecule has 0 spiro atoms. The van der Waals surface area contributed by atoms with Crippen LogP contribution < -0.4 is 10.1 Å². The molecule has 1 fully saturated rings. The van der Waals surface area contributed by atoms with Crippen LogP contribution in [0.5, 0.6) is 5.75 Å². The fourth-order valence-corrected chi connectivity index (χ4v) is 3.76. The Balaban J connectivity index is 1.54. The lowest BCUT2D eigenvalue weighted by molar-refractivity contribution is 0.138. The summed E-state index contributed by atoms with van der Waals surface area (Å²) in [6, 6.07) is 12.5. The maximum Gasteiger partial charge on any atom is 0.227 e. The van der Waals surface area contributed by atoms with E-state index in [1.807, 2.05) is 4.90 Å². The monoisotopic (exact) mass is 480 g/mol. The molecule has 0 saturated carbocycles. The lowest BCUT2D eigenvalue weighted by Gasteiger charge is -2.17. The van der Waals surface area contributed by atoms with E-state index in [0.29, 0.717) is 16.9 Å². The summed E-state index contributed by atoms with van der Waals surface area (Å²) in [5, 5.41) is 3.05. The Bertz CT molecular complexity index is 1480. The quantitative estimate of drug-likeness (QED) is 0.529. The normalized spacial score (nSPS) is 25.8. The largest absolute Gasteiger partial charge is 0.492 e. The topological polar surface area (TPSA) is 68.7 Å². The molecule has 0 aliphatic carbocycles. The van der Waals surface area contributed by atoms with Crippen molar-refractivity contribution in [3.8, 4) is 17.0 Å². The molecule has 182 valence electrons. The highest BCUT2D eigenvalue weighted by molar-refractivity contribution is 5.63. The van der Waals surface area contributed by atoms with Crippen LogP contribution >= 0.6 is 0 Å². The second-order valence-electron chi connectivity index (χ2n) is 8.05. The van der Waals surface area contributed by atoms with Gasteiger partial charge in [-0.05, 0) is 61.8 Å². The number of anilines is 2. The lowest BCUT2D eigenvalue weighted by Crippen LogP contribution is -2.25. The van der Waals surface area contributed by atoms with Gasteiger partial charge in [-0.2, -0.15) is 0 Å². The zero-order chi connectivity index (χ0) is 30.9. The highest BCUT2D eigenvalue weighted by Gasteiger charge is 2.13. The first kappa shape index (κ1) is 15.7. The fraction of sp³-hybridized carbons (Fsp3) is 0.357. The Morgan fingerprint density at radius 2 is 2.00 bits per heavy atom. The van der Waals surface area contributed by atoms with E-state index in [1.54, 1.807) is 24.3 Å². The number of fused-ring (bicyclic) bond motifs is 7. The summed E-state index contributed by atoms with van der Waals surface area (Å²) in [5.74, 6) is 0.115.